The van der Waals surface area contributed by atoms with E-state index in [1.165, 1.54) is 24.5 Å². The minimum absolute atomic E-state index is 0.184. The minimum Gasteiger partial charge on any atom is -0.496 e. The number of benzene rings is 1. The molecular weight excluding hydrogens is 452 g/mol. The molecule has 1 heterocycles. The zero-order valence-corrected chi connectivity index (χ0v) is 16.5. The van der Waals surface area contributed by atoms with E-state index in [2.05, 4.69) is 15.9 Å². The summed E-state index contributed by atoms with van der Waals surface area (Å²) >= 11 is 4.57. The summed E-state index contributed by atoms with van der Waals surface area (Å²) in [5, 5.41) is 1.79. The zero-order valence-electron chi connectivity index (χ0n) is 14.1. The second-order valence-electron chi connectivity index (χ2n) is 5.45. The van der Waals surface area contributed by atoms with Gasteiger partial charge in [0.05, 0.1) is 18.6 Å². The summed E-state index contributed by atoms with van der Waals surface area (Å²) in [4.78, 5) is 12.6. The molecule has 27 heavy (non-hydrogen) atoms. The minimum atomic E-state index is -4.22. The Labute approximate surface area is 165 Å². The van der Waals surface area contributed by atoms with Crippen LogP contribution in [0.15, 0.2) is 40.2 Å². The standard InChI is InChI=1S/C18H15BrF4O3S/c1-25-15-5-3-11(2-4-14(24)16-7-13(19)9-27-16)6-12(15)8-26-10-18(22,23)17(20)21/h2-7,9,17H,8,10H2,1H3/b4-2+. The number of thiophene rings is 1. The predicted octanol–water partition coefficient (Wildman–Crippen LogP) is 5.83. The molecule has 0 N–H and O–H groups in total. The van der Waals surface area contributed by atoms with E-state index in [1.54, 1.807) is 35.7 Å². The van der Waals surface area contributed by atoms with Gasteiger partial charge in [-0.2, -0.15) is 8.78 Å². The van der Waals surface area contributed by atoms with Crippen LogP contribution in [0.5, 0.6) is 5.75 Å². The summed E-state index contributed by atoms with van der Waals surface area (Å²) in [6.07, 6.45) is -0.848. The molecule has 0 bridgehead atoms. The molecule has 1 aromatic heterocycles. The van der Waals surface area contributed by atoms with Gasteiger partial charge < -0.3 is 9.47 Å². The number of hydrogen-bond acceptors (Lipinski definition) is 4. The topological polar surface area (TPSA) is 35.5 Å². The Kier molecular flexibility index (Phi) is 7.58. The van der Waals surface area contributed by atoms with Crippen molar-refractivity contribution in [3.05, 3.63) is 56.2 Å². The molecule has 0 radical (unpaired) electrons. The largest absolute Gasteiger partial charge is 0.496 e. The molecular formula is C18H15BrF4O3S. The maximum absolute atomic E-state index is 12.9. The van der Waals surface area contributed by atoms with Crippen LogP contribution < -0.4 is 4.74 Å². The van der Waals surface area contributed by atoms with Gasteiger partial charge in [0.25, 0.3) is 0 Å². The fraction of sp³-hybridized carbons (Fsp3) is 0.278. The second-order valence-corrected chi connectivity index (χ2v) is 7.28. The first-order valence-corrected chi connectivity index (χ1v) is 9.27. The molecule has 2 rings (SSSR count). The van der Waals surface area contributed by atoms with Crippen LogP contribution in [0.2, 0.25) is 0 Å². The number of hydrogen-bond donors (Lipinski definition) is 0. The molecule has 1 aromatic carbocycles. The molecule has 0 aliphatic carbocycles. The molecule has 0 aliphatic rings. The van der Waals surface area contributed by atoms with E-state index >= 15 is 0 Å². The molecule has 0 unspecified atom stereocenters. The Hall–Kier alpha value is -1.71. The highest BCUT2D eigenvalue weighted by Crippen LogP contribution is 2.26. The maximum Gasteiger partial charge on any atom is 0.330 e. The average molecular weight is 467 g/mol. The number of ketones is 1. The first-order valence-electron chi connectivity index (χ1n) is 7.60. The summed E-state index contributed by atoms with van der Waals surface area (Å²) in [6, 6.07) is 6.53. The lowest BCUT2D eigenvalue weighted by Crippen LogP contribution is -2.32. The lowest BCUT2D eigenvalue weighted by Gasteiger charge is -2.16. The number of ether oxygens (including phenoxy) is 2. The van der Waals surface area contributed by atoms with E-state index in [-0.39, 0.29) is 12.4 Å². The Bertz CT molecular complexity index is 821. The third-order valence-electron chi connectivity index (χ3n) is 3.41. The molecule has 0 fully saturated rings. The molecule has 2 aromatic rings. The lowest BCUT2D eigenvalue weighted by molar-refractivity contribution is -0.168. The Morgan fingerprint density at radius 1 is 1.33 bits per heavy atom. The van der Waals surface area contributed by atoms with E-state index in [1.807, 2.05) is 0 Å². The van der Waals surface area contributed by atoms with Crippen LogP contribution >= 0.6 is 27.3 Å². The van der Waals surface area contributed by atoms with Crippen molar-refractivity contribution >= 4 is 39.1 Å². The summed E-state index contributed by atoms with van der Waals surface area (Å²) < 4.78 is 60.9. The summed E-state index contributed by atoms with van der Waals surface area (Å²) in [6.45, 7) is -1.74. The average Bonchev–Trinajstić information content (AvgIpc) is 3.06. The van der Waals surface area contributed by atoms with Crippen molar-refractivity contribution in [3.63, 3.8) is 0 Å². The Morgan fingerprint density at radius 2 is 2.07 bits per heavy atom. The molecule has 3 nitrogen and oxygen atoms in total. The van der Waals surface area contributed by atoms with Crippen LogP contribution in [-0.4, -0.2) is 31.8 Å². The van der Waals surface area contributed by atoms with Gasteiger partial charge in [-0.15, -0.1) is 11.3 Å². The van der Waals surface area contributed by atoms with Crippen molar-refractivity contribution in [1.29, 1.82) is 0 Å². The van der Waals surface area contributed by atoms with Gasteiger partial charge in [-0.1, -0.05) is 12.1 Å². The van der Waals surface area contributed by atoms with Crippen molar-refractivity contribution in [1.82, 2.24) is 0 Å². The van der Waals surface area contributed by atoms with Crippen LogP contribution in [0.1, 0.15) is 20.8 Å². The number of rotatable bonds is 9. The number of alkyl halides is 4. The maximum atomic E-state index is 12.9. The lowest BCUT2D eigenvalue weighted by atomic mass is 10.1. The molecule has 146 valence electrons. The Balaban J connectivity index is 2.07. The van der Waals surface area contributed by atoms with Crippen LogP contribution in [0.4, 0.5) is 17.6 Å². The third-order valence-corrected chi connectivity index (χ3v) is 5.12. The monoisotopic (exact) mass is 466 g/mol. The van der Waals surface area contributed by atoms with Gasteiger partial charge in [-0.05, 0) is 45.8 Å². The van der Waals surface area contributed by atoms with Gasteiger partial charge in [0.2, 0.25) is 0 Å². The molecule has 0 amide bonds. The SMILES string of the molecule is COc1ccc(/C=C/C(=O)c2cc(Br)cs2)cc1COCC(F)(F)C(F)F. The number of allylic oxidation sites excluding steroid dienone is 1. The number of methoxy groups -OCH3 is 1. The number of halogens is 5. The summed E-state index contributed by atoms with van der Waals surface area (Å²) in [7, 11) is 1.39. The van der Waals surface area contributed by atoms with E-state index in [9.17, 15) is 22.4 Å². The predicted molar refractivity (Wildman–Crippen MR) is 99.0 cm³/mol. The van der Waals surface area contributed by atoms with Crippen molar-refractivity contribution in [2.24, 2.45) is 0 Å². The highest BCUT2D eigenvalue weighted by atomic mass is 79.9. The number of carbonyl (C=O) groups is 1. The zero-order chi connectivity index (χ0) is 20.0. The van der Waals surface area contributed by atoms with Crippen molar-refractivity contribution in [2.45, 2.75) is 19.0 Å². The van der Waals surface area contributed by atoms with Gasteiger partial charge in [0.15, 0.2) is 5.78 Å². The van der Waals surface area contributed by atoms with Gasteiger partial charge >= 0.3 is 12.3 Å². The second kappa shape index (κ2) is 9.48. The van der Waals surface area contributed by atoms with Gasteiger partial charge in [0, 0.05) is 15.4 Å². The van der Waals surface area contributed by atoms with Crippen LogP contribution in [0.3, 0.4) is 0 Å². The van der Waals surface area contributed by atoms with Crippen molar-refractivity contribution in [3.8, 4) is 5.75 Å². The van der Waals surface area contributed by atoms with E-state index in [0.717, 1.165) is 4.47 Å². The molecule has 0 spiro atoms. The van der Waals surface area contributed by atoms with Gasteiger partial charge in [-0.3, -0.25) is 4.79 Å². The third kappa shape index (κ3) is 6.15. The quantitative estimate of drug-likeness (QED) is 0.265. The fourth-order valence-electron chi connectivity index (χ4n) is 2.07. The first kappa shape index (κ1) is 21.6. The summed E-state index contributed by atoms with van der Waals surface area (Å²) in [5.74, 6) is -4.04. The van der Waals surface area contributed by atoms with Crippen LogP contribution in [0, 0.1) is 0 Å². The van der Waals surface area contributed by atoms with E-state index < -0.39 is 19.0 Å². The molecule has 0 saturated heterocycles. The Morgan fingerprint density at radius 3 is 2.67 bits per heavy atom. The molecule has 0 atom stereocenters. The molecule has 0 saturated carbocycles. The van der Waals surface area contributed by atoms with Crippen LogP contribution in [0.25, 0.3) is 6.08 Å². The first-order chi connectivity index (χ1) is 12.7. The highest BCUT2D eigenvalue weighted by Gasteiger charge is 2.40. The number of carbonyl (C=O) groups excluding carboxylic acids is 1. The van der Waals surface area contributed by atoms with Gasteiger partial charge in [0.1, 0.15) is 12.4 Å². The van der Waals surface area contributed by atoms with Crippen molar-refractivity contribution < 1.29 is 31.8 Å². The molecule has 9 heteroatoms. The normalized spacial score (nSPS) is 12.1. The van der Waals surface area contributed by atoms with Crippen molar-refractivity contribution in [2.75, 3.05) is 13.7 Å². The summed E-state index contributed by atoms with van der Waals surface area (Å²) in [5.41, 5.74) is 1.01. The van der Waals surface area contributed by atoms with Gasteiger partial charge in [-0.25, -0.2) is 8.78 Å². The van der Waals surface area contributed by atoms with E-state index in [4.69, 9.17) is 9.47 Å². The van der Waals surface area contributed by atoms with Crippen LogP contribution in [-0.2, 0) is 11.3 Å². The highest BCUT2D eigenvalue weighted by molar-refractivity contribution is 9.10. The molecule has 0 aliphatic heterocycles. The fourth-order valence-corrected chi connectivity index (χ4v) is 3.42. The van der Waals surface area contributed by atoms with E-state index in [0.29, 0.717) is 21.8 Å². The smallest absolute Gasteiger partial charge is 0.330 e.